The molecule has 0 amide bonds. The van der Waals surface area contributed by atoms with Crippen molar-refractivity contribution < 1.29 is 9.50 Å². The topological polar surface area (TPSA) is 20.2 Å². The molecule has 0 bridgehead atoms. The van der Waals surface area contributed by atoms with Gasteiger partial charge in [-0.25, -0.2) is 4.39 Å². The first kappa shape index (κ1) is 8.66. The van der Waals surface area contributed by atoms with E-state index in [1.54, 1.807) is 6.07 Å². The molecule has 0 fully saturated rings. The Morgan fingerprint density at radius 3 is 3.00 bits per heavy atom. The van der Waals surface area contributed by atoms with Crippen LogP contribution < -0.4 is 0 Å². The molecule has 1 aromatic carbocycles. The van der Waals surface area contributed by atoms with E-state index in [1.165, 1.54) is 17.4 Å². The van der Waals surface area contributed by atoms with Gasteiger partial charge in [-0.1, -0.05) is 12.1 Å². The summed E-state index contributed by atoms with van der Waals surface area (Å²) in [6.45, 7) is 0.113. The summed E-state index contributed by atoms with van der Waals surface area (Å²) in [4.78, 5) is 0. The van der Waals surface area contributed by atoms with Crippen LogP contribution >= 0.6 is 11.3 Å². The van der Waals surface area contributed by atoms with Crippen molar-refractivity contribution in [3.63, 3.8) is 0 Å². The van der Waals surface area contributed by atoms with Crippen LogP contribution in [0.2, 0.25) is 0 Å². The molecule has 0 radical (unpaired) electrons. The maximum atomic E-state index is 13.2. The molecule has 0 saturated heterocycles. The first-order valence-corrected chi connectivity index (χ1v) is 4.96. The lowest BCUT2D eigenvalue weighted by atomic mass is 10.1. The fourth-order valence-electron chi connectivity index (χ4n) is 1.39. The van der Waals surface area contributed by atoms with Crippen LogP contribution in [0, 0.1) is 5.82 Å². The Labute approximate surface area is 79.4 Å². The second kappa shape index (κ2) is 3.44. The predicted molar refractivity (Wildman–Crippen MR) is 52.6 cm³/mol. The van der Waals surface area contributed by atoms with Gasteiger partial charge in [0.1, 0.15) is 5.82 Å². The molecular formula is C10H9FOS. The van der Waals surface area contributed by atoms with Gasteiger partial charge >= 0.3 is 0 Å². The van der Waals surface area contributed by atoms with Gasteiger partial charge in [0.25, 0.3) is 0 Å². The minimum Gasteiger partial charge on any atom is -0.396 e. The first-order chi connectivity index (χ1) is 6.33. The van der Waals surface area contributed by atoms with E-state index in [0.29, 0.717) is 11.1 Å². The van der Waals surface area contributed by atoms with E-state index in [0.717, 1.165) is 10.9 Å². The van der Waals surface area contributed by atoms with Crippen LogP contribution in [-0.2, 0) is 6.42 Å². The molecule has 3 heteroatoms. The van der Waals surface area contributed by atoms with E-state index in [1.807, 2.05) is 11.4 Å². The molecule has 1 N–H and O–H groups in total. The van der Waals surface area contributed by atoms with Gasteiger partial charge in [0, 0.05) is 6.61 Å². The first-order valence-electron chi connectivity index (χ1n) is 4.08. The summed E-state index contributed by atoms with van der Waals surface area (Å²) in [6, 6.07) is 5.05. The highest BCUT2D eigenvalue weighted by Gasteiger charge is 2.06. The molecule has 0 aliphatic rings. The van der Waals surface area contributed by atoms with Crippen molar-refractivity contribution in [2.45, 2.75) is 6.42 Å². The molecule has 0 aliphatic heterocycles. The second-order valence-electron chi connectivity index (χ2n) is 2.85. The number of aliphatic hydroxyl groups excluding tert-OH is 1. The number of aliphatic hydroxyl groups is 1. The Balaban J connectivity index is 2.61. The molecule has 1 heterocycles. The Bertz CT molecular complexity index is 422. The third kappa shape index (κ3) is 1.45. The average molecular weight is 196 g/mol. The highest BCUT2D eigenvalue weighted by Crippen LogP contribution is 2.28. The SMILES string of the molecule is OCCc1csc2c(F)cccc12. The minimum atomic E-state index is -0.174. The summed E-state index contributed by atoms with van der Waals surface area (Å²) in [5.41, 5.74) is 1.03. The van der Waals surface area contributed by atoms with Crippen molar-refractivity contribution >= 4 is 21.4 Å². The number of benzene rings is 1. The zero-order chi connectivity index (χ0) is 9.26. The van der Waals surface area contributed by atoms with Gasteiger partial charge in [-0.15, -0.1) is 11.3 Å². The monoisotopic (exact) mass is 196 g/mol. The molecule has 0 spiro atoms. The fraction of sp³-hybridized carbons (Fsp3) is 0.200. The van der Waals surface area contributed by atoms with Gasteiger partial charge < -0.3 is 5.11 Å². The smallest absolute Gasteiger partial charge is 0.140 e. The summed E-state index contributed by atoms with van der Waals surface area (Å²) in [5.74, 6) is -0.174. The van der Waals surface area contributed by atoms with E-state index >= 15 is 0 Å². The summed E-state index contributed by atoms with van der Waals surface area (Å²) in [7, 11) is 0. The van der Waals surface area contributed by atoms with Crippen LogP contribution in [0.4, 0.5) is 4.39 Å². The number of hydrogen-bond acceptors (Lipinski definition) is 2. The van der Waals surface area contributed by atoms with Crippen LogP contribution in [-0.4, -0.2) is 11.7 Å². The second-order valence-corrected chi connectivity index (χ2v) is 3.73. The maximum Gasteiger partial charge on any atom is 0.140 e. The molecule has 0 aliphatic carbocycles. The van der Waals surface area contributed by atoms with Crippen molar-refractivity contribution in [3.05, 3.63) is 35.0 Å². The minimum absolute atomic E-state index is 0.113. The Morgan fingerprint density at radius 2 is 2.23 bits per heavy atom. The van der Waals surface area contributed by atoms with Crippen molar-refractivity contribution in [1.29, 1.82) is 0 Å². The van der Waals surface area contributed by atoms with Crippen LogP contribution in [0.25, 0.3) is 10.1 Å². The molecular weight excluding hydrogens is 187 g/mol. The number of fused-ring (bicyclic) bond motifs is 1. The van der Waals surface area contributed by atoms with Crippen LogP contribution in [0.3, 0.4) is 0 Å². The number of halogens is 1. The van der Waals surface area contributed by atoms with Crippen LogP contribution in [0.15, 0.2) is 23.6 Å². The summed E-state index contributed by atoms with van der Waals surface area (Å²) >= 11 is 1.39. The molecule has 1 aromatic heterocycles. The van der Waals surface area contributed by atoms with E-state index in [-0.39, 0.29) is 12.4 Å². The van der Waals surface area contributed by atoms with Crippen LogP contribution in [0.1, 0.15) is 5.56 Å². The van der Waals surface area contributed by atoms with E-state index < -0.39 is 0 Å². The summed E-state index contributed by atoms with van der Waals surface area (Å²) in [6.07, 6.45) is 0.601. The van der Waals surface area contributed by atoms with Gasteiger partial charge in [-0.3, -0.25) is 0 Å². The van der Waals surface area contributed by atoms with Crippen molar-refractivity contribution in [2.75, 3.05) is 6.61 Å². The quantitative estimate of drug-likeness (QED) is 0.782. The Hall–Kier alpha value is -0.930. The predicted octanol–water partition coefficient (Wildman–Crippen LogP) is 2.58. The average Bonchev–Trinajstić information content (AvgIpc) is 2.51. The highest BCUT2D eigenvalue weighted by atomic mass is 32.1. The van der Waals surface area contributed by atoms with Gasteiger partial charge in [0.05, 0.1) is 4.70 Å². The molecule has 68 valence electrons. The summed E-state index contributed by atoms with van der Waals surface area (Å²) < 4.78 is 13.9. The standard InChI is InChI=1S/C10H9FOS/c11-9-3-1-2-8-7(4-5-12)6-13-10(8)9/h1-3,6,12H,4-5H2. The largest absolute Gasteiger partial charge is 0.396 e. The van der Waals surface area contributed by atoms with E-state index in [9.17, 15) is 4.39 Å². The molecule has 2 aromatic rings. The lowest BCUT2D eigenvalue weighted by molar-refractivity contribution is 0.300. The molecule has 13 heavy (non-hydrogen) atoms. The third-order valence-electron chi connectivity index (χ3n) is 2.01. The van der Waals surface area contributed by atoms with E-state index in [4.69, 9.17) is 5.11 Å². The normalized spacial score (nSPS) is 10.9. The number of rotatable bonds is 2. The third-order valence-corrected chi connectivity index (χ3v) is 3.07. The van der Waals surface area contributed by atoms with Crippen molar-refractivity contribution in [2.24, 2.45) is 0 Å². The summed E-state index contributed by atoms with van der Waals surface area (Å²) in [5, 5.41) is 11.6. The molecule has 1 nitrogen and oxygen atoms in total. The highest BCUT2D eigenvalue weighted by molar-refractivity contribution is 7.17. The van der Waals surface area contributed by atoms with E-state index in [2.05, 4.69) is 0 Å². The fourth-order valence-corrected chi connectivity index (χ4v) is 2.40. The van der Waals surface area contributed by atoms with Gasteiger partial charge in [0.2, 0.25) is 0 Å². The lowest BCUT2D eigenvalue weighted by Gasteiger charge is -1.95. The Morgan fingerprint density at radius 1 is 1.38 bits per heavy atom. The lowest BCUT2D eigenvalue weighted by Crippen LogP contribution is -1.88. The molecule has 0 atom stereocenters. The van der Waals surface area contributed by atoms with Gasteiger partial charge in [-0.05, 0) is 28.8 Å². The van der Waals surface area contributed by atoms with Crippen molar-refractivity contribution in [3.8, 4) is 0 Å². The zero-order valence-corrected chi connectivity index (χ0v) is 7.77. The van der Waals surface area contributed by atoms with Crippen LogP contribution in [0.5, 0.6) is 0 Å². The van der Waals surface area contributed by atoms with Gasteiger partial charge in [0.15, 0.2) is 0 Å². The molecule has 0 unspecified atom stereocenters. The zero-order valence-electron chi connectivity index (χ0n) is 6.96. The Kier molecular flexibility index (Phi) is 2.29. The number of thiophene rings is 1. The number of hydrogen-bond donors (Lipinski definition) is 1. The molecule has 0 saturated carbocycles. The maximum absolute atomic E-state index is 13.2. The molecule has 2 rings (SSSR count). The van der Waals surface area contributed by atoms with Gasteiger partial charge in [-0.2, -0.15) is 0 Å². The van der Waals surface area contributed by atoms with Crippen molar-refractivity contribution in [1.82, 2.24) is 0 Å².